The lowest BCUT2D eigenvalue weighted by molar-refractivity contribution is -0.131. The number of aliphatic hydroxyl groups is 1. The van der Waals surface area contributed by atoms with E-state index in [9.17, 15) is 9.90 Å². The third-order valence-corrected chi connectivity index (χ3v) is 2.24. The second-order valence-corrected chi connectivity index (χ2v) is 3.37. The Hall–Kier alpha value is -0.650. The molecular formula is C8H16N2O3. The van der Waals surface area contributed by atoms with E-state index >= 15 is 0 Å². The molecule has 5 heteroatoms. The topological polar surface area (TPSA) is 75.8 Å². The molecule has 0 radical (unpaired) electrons. The summed E-state index contributed by atoms with van der Waals surface area (Å²) in [4.78, 5) is 12.9. The molecule has 0 aromatic rings. The average Bonchev–Trinajstić information content (AvgIpc) is 2.45. The number of nitrogens with zero attached hydrogens (tertiary/aromatic N) is 1. The van der Waals surface area contributed by atoms with Gasteiger partial charge in [-0.3, -0.25) is 4.79 Å². The summed E-state index contributed by atoms with van der Waals surface area (Å²) in [6.45, 7) is 2.38. The van der Waals surface area contributed by atoms with Gasteiger partial charge < -0.3 is 20.5 Å². The fourth-order valence-corrected chi connectivity index (χ4v) is 1.46. The lowest BCUT2D eigenvalue weighted by Crippen LogP contribution is -2.41. The lowest BCUT2D eigenvalue weighted by atomic mass is 10.3. The highest BCUT2D eigenvalue weighted by Crippen LogP contribution is 2.13. The molecule has 0 spiro atoms. The van der Waals surface area contributed by atoms with Crippen molar-refractivity contribution in [3.05, 3.63) is 0 Å². The van der Waals surface area contributed by atoms with Gasteiger partial charge in [0.15, 0.2) is 0 Å². The number of carbonyl (C=O) groups excluding carboxylic acids is 1. The minimum atomic E-state index is -0.590. The minimum absolute atomic E-state index is 0.140. The van der Waals surface area contributed by atoms with Crippen LogP contribution in [0.15, 0.2) is 0 Å². The monoisotopic (exact) mass is 188 g/mol. The van der Waals surface area contributed by atoms with Crippen LogP contribution in [0.5, 0.6) is 0 Å². The number of hydrogen-bond acceptors (Lipinski definition) is 4. The molecular weight excluding hydrogens is 172 g/mol. The second kappa shape index (κ2) is 4.04. The van der Waals surface area contributed by atoms with Crippen molar-refractivity contribution in [2.24, 2.45) is 5.73 Å². The van der Waals surface area contributed by atoms with Crippen LogP contribution in [0.1, 0.15) is 6.92 Å². The van der Waals surface area contributed by atoms with Crippen LogP contribution in [0.25, 0.3) is 0 Å². The first-order chi connectivity index (χ1) is 6.06. The molecule has 1 rings (SSSR count). The molecule has 3 atom stereocenters. The number of methoxy groups -OCH3 is 1. The number of aliphatic hydroxyl groups excluding tert-OH is 1. The molecule has 3 N–H and O–H groups in total. The number of hydrogen-bond donors (Lipinski definition) is 2. The lowest BCUT2D eigenvalue weighted by Gasteiger charge is -2.17. The van der Waals surface area contributed by atoms with Crippen molar-refractivity contribution in [3.63, 3.8) is 0 Å². The summed E-state index contributed by atoms with van der Waals surface area (Å²) in [5.41, 5.74) is 5.43. The van der Waals surface area contributed by atoms with Crippen LogP contribution < -0.4 is 5.73 Å². The Balaban J connectivity index is 2.53. The SMILES string of the molecule is CO[C@@H]1CN(C(=O)[C@@H](C)N)C[C@H]1O. The Bertz CT molecular complexity index is 196. The molecule has 13 heavy (non-hydrogen) atoms. The number of likely N-dealkylation sites (tertiary alicyclic amines) is 1. The summed E-state index contributed by atoms with van der Waals surface area (Å²) >= 11 is 0. The van der Waals surface area contributed by atoms with E-state index in [1.165, 1.54) is 12.0 Å². The van der Waals surface area contributed by atoms with Gasteiger partial charge in [0.25, 0.3) is 0 Å². The zero-order valence-electron chi connectivity index (χ0n) is 7.93. The predicted molar refractivity (Wildman–Crippen MR) is 47.0 cm³/mol. The first kappa shape index (κ1) is 10.4. The molecule has 0 unspecified atom stereocenters. The van der Waals surface area contributed by atoms with Gasteiger partial charge in [0, 0.05) is 20.2 Å². The average molecular weight is 188 g/mol. The first-order valence-electron chi connectivity index (χ1n) is 4.31. The molecule has 1 fully saturated rings. The smallest absolute Gasteiger partial charge is 0.239 e. The van der Waals surface area contributed by atoms with Gasteiger partial charge in [-0.1, -0.05) is 0 Å². The molecule has 0 bridgehead atoms. The molecule has 1 saturated heterocycles. The third-order valence-electron chi connectivity index (χ3n) is 2.24. The fraction of sp³-hybridized carbons (Fsp3) is 0.875. The molecule has 0 aromatic carbocycles. The Kier molecular flexibility index (Phi) is 3.24. The zero-order chi connectivity index (χ0) is 10.0. The summed E-state index contributed by atoms with van der Waals surface area (Å²) < 4.78 is 5.00. The van der Waals surface area contributed by atoms with Gasteiger partial charge >= 0.3 is 0 Å². The van der Waals surface area contributed by atoms with Gasteiger partial charge in [0.1, 0.15) is 6.10 Å². The van der Waals surface area contributed by atoms with Gasteiger partial charge in [0.05, 0.1) is 12.1 Å². The number of ether oxygens (including phenoxy) is 1. The maximum Gasteiger partial charge on any atom is 0.239 e. The fourth-order valence-electron chi connectivity index (χ4n) is 1.46. The van der Waals surface area contributed by atoms with E-state index in [1.807, 2.05) is 0 Å². The van der Waals surface area contributed by atoms with Gasteiger partial charge in [-0.15, -0.1) is 0 Å². The standard InChI is InChI=1S/C8H16N2O3/c1-5(9)8(12)10-3-6(11)7(4-10)13-2/h5-7,11H,3-4,9H2,1-2H3/t5-,6-,7-/m1/s1. The van der Waals surface area contributed by atoms with Crippen molar-refractivity contribution in [3.8, 4) is 0 Å². The Morgan fingerprint density at radius 2 is 2.31 bits per heavy atom. The van der Waals surface area contributed by atoms with Crippen molar-refractivity contribution in [1.82, 2.24) is 4.90 Å². The molecule has 76 valence electrons. The zero-order valence-corrected chi connectivity index (χ0v) is 7.93. The van der Waals surface area contributed by atoms with Crippen LogP contribution in [0.4, 0.5) is 0 Å². The van der Waals surface area contributed by atoms with E-state index in [4.69, 9.17) is 10.5 Å². The van der Waals surface area contributed by atoms with Crippen LogP contribution in [-0.4, -0.2) is 54.4 Å². The third kappa shape index (κ3) is 2.18. The van der Waals surface area contributed by atoms with Gasteiger partial charge in [-0.2, -0.15) is 0 Å². The summed E-state index contributed by atoms with van der Waals surface area (Å²) in [7, 11) is 1.52. The number of β-amino-alcohol motifs (C(OH)–C–C–N with tert-alkyl or cyclic N) is 1. The molecule has 1 aliphatic heterocycles. The van der Waals surface area contributed by atoms with Gasteiger partial charge in [-0.25, -0.2) is 0 Å². The minimum Gasteiger partial charge on any atom is -0.388 e. The summed E-state index contributed by atoms with van der Waals surface area (Å²) in [5.74, 6) is -0.140. The Morgan fingerprint density at radius 3 is 2.69 bits per heavy atom. The van der Waals surface area contributed by atoms with E-state index in [1.54, 1.807) is 6.92 Å². The molecule has 0 aliphatic carbocycles. The maximum atomic E-state index is 11.4. The van der Waals surface area contributed by atoms with E-state index in [-0.39, 0.29) is 12.0 Å². The number of amides is 1. The van der Waals surface area contributed by atoms with Crippen LogP contribution in [0.2, 0.25) is 0 Å². The highest BCUT2D eigenvalue weighted by Gasteiger charge is 2.34. The van der Waals surface area contributed by atoms with Crippen LogP contribution >= 0.6 is 0 Å². The van der Waals surface area contributed by atoms with Crippen LogP contribution in [-0.2, 0) is 9.53 Å². The van der Waals surface area contributed by atoms with Crippen LogP contribution in [0.3, 0.4) is 0 Å². The van der Waals surface area contributed by atoms with Crippen molar-refractivity contribution in [2.75, 3.05) is 20.2 Å². The summed E-state index contributed by atoms with van der Waals surface area (Å²) in [6.07, 6.45) is -0.865. The maximum absolute atomic E-state index is 11.4. The van der Waals surface area contributed by atoms with E-state index in [0.29, 0.717) is 13.1 Å². The van der Waals surface area contributed by atoms with Crippen molar-refractivity contribution >= 4 is 5.91 Å². The normalized spacial score (nSPS) is 30.6. The molecule has 0 aromatic heterocycles. The number of rotatable bonds is 2. The van der Waals surface area contributed by atoms with E-state index in [2.05, 4.69) is 0 Å². The highest BCUT2D eigenvalue weighted by molar-refractivity contribution is 5.81. The Labute approximate surface area is 77.5 Å². The Morgan fingerprint density at radius 1 is 1.69 bits per heavy atom. The molecule has 0 saturated carbocycles. The van der Waals surface area contributed by atoms with E-state index in [0.717, 1.165) is 0 Å². The molecule has 1 aliphatic rings. The molecule has 1 heterocycles. The predicted octanol–water partition coefficient (Wildman–Crippen LogP) is -1.45. The summed E-state index contributed by atoms with van der Waals surface area (Å²) in [6, 6.07) is -0.511. The van der Waals surface area contributed by atoms with Crippen molar-refractivity contribution < 1.29 is 14.6 Å². The van der Waals surface area contributed by atoms with Crippen LogP contribution in [0, 0.1) is 0 Å². The second-order valence-electron chi connectivity index (χ2n) is 3.37. The van der Waals surface area contributed by atoms with E-state index < -0.39 is 12.1 Å². The molecule has 5 nitrogen and oxygen atoms in total. The summed E-state index contributed by atoms with van der Waals surface area (Å²) in [5, 5.41) is 9.43. The largest absolute Gasteiger partial charge is 0.388 e. The number of nitrogens with two attached hydrogens (primary N) is 1. The quantitative estimate of drug-likeness (QED) is 0.556. The van der Waals surface area contributed by atoms with Crippen molar-refractivity contribution in [2.45, 2.75) is 25.2 Å². The number of carbonyl (C=O) groups is 1. The highest BCUT2D eigenvalue weighted by atomic mass is 16.5. The first-order valence-corrected chi connectivity index (χ1v) is 4.31. The van der Waals surface area contributed by atoms with Gasteiger partial charge in [-0.05, 0) is 6.92 Å². The van der Waals surface area contributed by atoms with Crippen molar-refractivity contribution in [1.29, 1.82) is 0 Å². The molecule has 1 amide bonds. The van der Waals surface area contributed by atoms with Gasteiger partial charge in [0.2, 0.25) is 5.91 Å².